The van der Waals surface area contributed by atoms with E-state index in [0.717, 1.165) is 41.0 Å². The summed E-state index contributed by atoms with van der Waals surface area (Å²) in [6.45, 7) is 11.6. The first kappa shape index (κ1) is 29.8. The van der Waals surface area contributed by atoms with Crippen LogP contribution in [0.4, 0.5) is 20.3 Å². The van der Waals surface area contributed by atoms with Crippen molar-refractivity contribution in [2.24, 2.45) is 0 Å². The Hall–Kier alpha value is -4.30. The summed E-state index contributed by atoms with van der Waals surface area (Å²) in [6.07, 6.45) is 5.23. The average Bonchev–Trinajstić information content (AvgIpc) is 3.87. The van der Waals surface area contributed by atoms with Gasteiger partial charge in [0.25, 0.3) is 0 Å². The monoisotopic (exact) mass is 602 g/mol. The third-order valence-corrected chi connectivity index (χ3v) is 8.31. The number of aromatic nitrogens is 2. The van der Waals surface area contributed by atoms with E-state index in [1.165, 1.54) is 18.2 Å². The number of fused-ring (bicyclic) bond motifs is 2. The fourth-order valence-electron chi connectivity index (χ4n) is 6.01. The van der Waals surface area contributed by atoms with Crippen molar-refractivity contribution in [2.45, 2.75) is 51.0 Å². The first-order valence-corrected chi connectivity index (χ1v) is 15.2. The predicted molar refractivity (Wildman–Crippen MR) is 164 cm³/mol. The van der Waals surface area contributed by atoms with Crippen LogP contribution in [0.15, 0.2) is 48.6 Å². The van der Waals surface area contributed by atoms with Gasteiger partial charge in [0.15, 0.2) is 0 Å². The molecular weight excluding hydrogens is 566 g/mol. The van der Waals surface area contributed by atoms with Crippen LogP contribution in [0.2, 0.25) is 0 Å². The molecule has 2 aliphatic heterocycles. The standard InChI is InChI=1S/C33H36F2N6O3/c1-22(21-43-25-11-12-25)44-33-37-28-20-39(29-9-4-7-23-6-3-8-27(35)31(23)29)15-13-26(28)32(38-33)40-16-17-41(24(19-40)18-36-2)30(42)10-5-14-34/h3-10,22,24-25H,11-21H2,1H3/b10-5+/t22-,24-/m0/s1. The molecule has 0 radical (unpaired) electrons. The van der Waals surface area contributed by atoms with Gasteiger partial charge < -0.3 is 29.0 Å². The molecule has 3 aromatic rings. The number of piperazine rings is 1. The molecule has 1 amide bonds. The Morgan fingerprint density at radius 1 is 1.16 bits per heavy atom. The minimum absolute atomic E-state index is 0.123. The van der Waals surface area contributed by atoms with Gasteiger partial charge in [-0.15, -0.1) is 0 Å². The number of hydrogen-bond donors (Lipinski definition) is 0. The second-order valence-electron chi connectivity index (χ2n) is 11.5. The number of hydrogen-bond acceptors (Lipinski definition) is 7. The van der Waals surface area contributed by atoms with Gasteiger partial charge >= 0.3 is 6.01 Å². The van der Waals surface area contributed by atoms with E-state index in [0.29, 0.717) is 57.2 Å². The van der Waals surface area contributed by atoms with Crippen LogP contribution < -0.4 is 14.5 Å². The summed E-state index contributed by atoms with van der Waals surface area (Å²) in [5.74, 6) is 0.165. The maximum Gasteiger partial charge on any atom is 0.319 e. The molecule has 2 aromatic carbocycles. The largest absolute Gasteiger partial charge is 0.458 e. The zero-order valence-electron chi connectivity index (χ0n) is 24.8. The highest BCUT2D eigenvalue weighted by atomic mass is 19.1. The van der Waals surface area contributed by atoms with Gasteiger partial charge in [0.2, 0.25) is 12.5 Å². The lowest BCUT2D eigenvalue weighted by molar-refractivity contribution is -0.128. The summed E-state index contributed by atoms with van der Waals surface area (Å²) >= 11 is 0. The van der Waals surface area contributed by atoms with Crippen molar-refractivity contribution >= 4 is 28.2 Å². The minimum atomic E-state index is -0.721. The number of nitrogens with zero attached hydrogens (tertiary/aromatic N) is 6. The average molecular weight is 603 g/mol. The normalized spacial score (nSPS) is 19.2. The second kappa shape index (κ2) is 13.1. The number of carbonyl (C=O) groups excluding carboxylic acids is 1. The van der Waals surface area contributed by atoms with E-state index in [9.17, 15) is 9.18 Å². The SMILES string of the molecule is [C-]#[N+]C[C@H]1CN(c2nc(O[C@@H](C)COC3CC3)nc3c2CCN(c2cccc4cccc(F)c24)C3)CCN1C(=O)/C=C/CF. The number of alkyl halides is 1. The van der Waals surface area contributed by atoms with E-state index in [2.05, 4.69) is 14.6 Å². The van der Waals surface area contributed by atoms with Crippen LogP contribution in [-0.2, 0) is 22.5 Å². The summed E-state index contributed by atoms with van der Waals surface area (Å²) < 4.78 is 39.8. The van der Waals surface area contributed by atoms with Crippen LogP contribution in [0.25, 0.3) is 15.6 Å². The van der Waals surface area contributed by atoms with Gasteiger partial charge in [0.05, 0.1) is 24.9 Å². The molecule has 0 spiro atoms. The fourth-order valence-corrected chi connectivity index (χ4v) is 6.01. The van der Waals surface area contributed by atoms with Crippen LogP contribution in [0.5, 0.6) is 6.01 Å². The van der Waals surface area contributed by atoms with Gasteiger partial charge in [0, 0.05) is 48.9 Å². The molecule has 1 saturated heterocycles. The molecule has 11 heteroatoms. The summed E-state index contributed by atoms with van der Waals surface area (Å²) in [5.41, 5.74) is 2.59. The topological polar surface area (TPSA) is 75.4 Å². The first-order chi connectivity index (χ1) is 21.4. The zero-order chi connectivity index (χ0) is 30.6. The molecule has 0 bridgehead atoms. The molecule has 1 aliphatic carbocycles. The van der Waals surface area contributed by atoms with Gasteiger partial charge in [0.1, 0.15) is 30.5 Å². The molecular formula is C33H36F2N6O3. The van der Waals surface area contributed by atoms with Crippen molar-refractivity contribution < 1.29 is 23.0 Å². The summed E-state index contributed by atoms with van der Waals surface area (Å²) in [7, 11) is 0. The van der Waals surface area contributed by atoms with E-state index in [1.54, 1.807) is 11.0 Å². The van der Waals surface area contributed by atoms with E-state index < -0.39 is 6.67 Å². The van der Waals surface area contributed by atoms with Crippen molar-refractivity contribution in [2.75, 3.05) is 55.8 Å². The molecule has 0 unspecified atom stereocenters. The van der Waals surface area contributed by atoms with Gasteiger partial charge in [-0.1, -0.05) is 24.3 Å². The molecule has 6 rings (SSSR count). The highest BCUT2D eigenvalue weighted by molar-refractivity contribution is 5.95. The predicted octanol–water partition coefficient (Wildman–Crippen LogP) is 4.74. The molecule has 3 aliphatic rings. The van der Waals surface area contributed by atoms with Gasteiger partial charge in [-0.2, -0.15) is 9.97 Å². The molecule has 44 heavy (non-hydrogen) atoms. The van der Waals surface area contributed by atoms with Crippen molar-refractivity contribution in [3.8, 4) is 6.01 Å². The lowest BCUT2D eigenvalue weighted by atomic mass is 10.0. The van der Waals surface area contributed by atoms with Crippen LogP contribution in [0, 0.1) is 12.4 Å². The van der Waals surface area contributed by atoms with E-state index >= 15 is 4.39 Å². The quantitative estimate of drug-likeness (QED) is 0.245. The number of allylic oxidation sites excluding steroid dienone is 1. The number of rotatable bonds is 10. The number of anilines is 2. The van der Waals surface area contributed by atoms with Gasteiger partial charge in [-0.05, 0) is 49.8 Å². The molecule has 3 heterocycles. The Bertz CT molecular complexity index is 1580. The summed E-state index contributed by atoms with van der Waals surface area (Å²) in [4.78, 5) is 32.0. The molecule has 9 nitrogen and oxygen atoms in total. The number of benzene rings is 2. The number of ether oxygens (including phenoxy) is 2. The Morgan fingerprint density at radius 2 is 1.98 bits per heavy atom. The second-order valence-corrected chi connectivity index (χ2v) is 11.5. The molecule has 0 N–H and O–H groups in total. The summed E-state index contributed by atoms with van der Waals surface area (Å²) in [5, 5.41) is 1.42. The highest BCUT2D eigenvalue weighted by Crippen LogP contribution is 2.36. The first-order valence-electron chi connectivity index (χ1n) is 15.2. The zero-order valence-corrected chi connectivity index (χ0v) is 24.8. The van der Waals surface area contributed by atoms with Gasteiger partial charge in [-0.3, -0.25) is 4.79 Å². The third kappa shape index (κ3) is 6.45. The van der Waals surface area contributed by atoms with Crippen LogP contribution in [0.3, 0.4) is 0 Å². The third-order valence-electron chi connectivity index (χ3n) is 8.31. The maximum absolute atomic E-state index is 15.0. The molecule has 1 saturated carbocycles. The lowest BCUT2D eigenvalue weighted by Crippen LogP contribution is -2.56. The molecule has 230 valence electrons. The smallest absolute Gasteiger partial charge is 0.319 e. The number of amides is 1. The summed E-state index contributed by atoms with van der Waals surface area (Å²) in [6, 6.07) is 10.8. The van der Waals surface area contributed by atoms with Gasteiger partial charge in [-0.25, -0.2) is 15.4 Å². The van der Waals surface area contributed by atoms with Crippen LogP contribution in [0.1, 0.15) is 31.0 Å². The van der Waals surface area contributed by atoms with E-state index in [1.807, 2.05) is 31.2 Å². The molecule has 2 atom stereocenters. The highest BCUT2D eigenvalue weighted by Gasteiger charge is 2.35. The van der Waals surface area contributed by atoms with E-state index in [-0.39, 0.29) is 36.4 Å². The van der Waals surface area contributed by atoms with Crippen LogP contribution in [-0.4, -0.2) is 85.0 Å². The lowest BCUT2D eigenvalue weighted by Gasteiger charge is -2.41. The molecule has 1 aromatic heterocycles. The maximum atomic E-state index is 15.0. The fraction of sp³-hybridized carbons (Fsp3) is 0.455. The Balaban J connectivity index is 1.31. The number of carbonyl (C=O) groups is 1. The van der Waals surface area contributed by atoms with E-state index in [4.69, 9.17) is 26.0 Å². The van der Waals surface area contributed by atoms with Crippen molar-refractivity contribution in [3.05, 3.63) is 77.0 Å². The minimum Gasteiger partial charge on any atom is -0.458 e. The Kier molecular flexibility index (Phi) is 8.89. The van der Waals surface area contributed by atoms with Crippen molar-refractivity contribution in [3.63, 3.8) is 0 Å². The van der Waals surface area contributed by atoms with Crippen LogP contribution >= 0.6 is 0 Å². The number of halogens is 2. The van der Waals surface area contributed by atoms with Crippen molar-refractivity contribution in [1.82, 2.24) is 14.9 Å². The molecule has 2 fully saturated rings. The Morgan fingerprint density at radius 3 is 2.75 bits per heavy atom. The van der Waals surface area contributed by atoms with Crippen molar-refractivity contribution in [1.29, 1.82) is 0 Å². The Labute approximate surface area is 255 Å².